The zero-order chi connectivity index (χ0) is 20.1. The van der Waals surface area contributed by atoms with Gasteiger partial charge in [-0.05, 0) is 56.1 Å². The number of benzene rings is 2. The molecule has 2 aromatic rings. The number of ether oxygens (including phenoxy) is 1. The quantitative estimate of drug-likeness (QED) is 0.581. The van der Waals surface area contributed by atoms with Crippen molar-refractivity contribution in [2.45, 2.75) is 36.3 Å². The van der Waals surface area contributed by atoms with Gasteiger partial charge in [-0.15, -0.1) is 0 Å². The molecule has 1 unspecified atom stereocenters. The Morgan fingerprint density at radius 1 is 1.14 bits per heavy atom. The first-order valence-electron chi connectivity index (χ1n) is 9.17. The number of nitrogens with zero attached hydrogens (tertiary/aromatic N) is 1. The monoisotopic (exact) mass is 442 g/mol. The smallest absolute Gasteiger partial charge is 0.241 e. The molecule has 1 aliphatic carbocycles. The standard InChI is InChI=1S/C20H24Cl2N2O3S/c1-24(14-27-16-6-5-7-16)13-20(15-10-11-18(21)19(22)12-15)23-28(25,26)17-8-3-2-4-9-17/h2-4,8-12,16,20,23H,5-7,13-14H2,1H3. The van der Waals surface area contributed by atoms with Gasteiger partial charge in [-0.3, -0.25) is 4.90 Å². The van der Waals surface area contributed by atoms with Crippen LogP contribution in [-0.4, -0.2) is 39.7 Å². The van der Waals surface area contributed by atoms with Crippen LogP contribution in [0.1, 0.15) is 30.9 Å². The molecular formula is C20H24Cl2N2O3S. The number of hydrogen-bond donors (Lipinski definition) is 1. The lowest BCUT2D eigenvalue weighted by Crippen LogP contribution is -2.38. The molecule has 1 fully saturated rings. The average molecular weight is 443 g/mol. The van der Waals surface area contributed by atoms with E-state index in [9.17, 15) is 8.42 Å². The molecule has 1 saturated carbocycles. The Bertz CT molecular complexity index is 890. The summed E-state index contributed by atoms with van der Waals surface area (Å²) in [6, 6.07) is 13.0. The highest BCUT2D eigenvalue weighted by atomic mass is 35.5. The van der Waals surface area contributed by atoms with Crippen LogP contribution >= 0.6 is 23.2 Å². The zero-order valence-corrected chi connectivity index (χ0v) is 18.0. The molecule has 0 bridgehead atoms. The zero-order valence-electron chi connectivity index (χ0n) is 15.6. The molecule has 0 aromatic heterocycles. The van der Waals surface area contributed by atoms with Gasteiger partial charge in [-0.2, -0.15) is 0 Å². The molecule has 5 nitrogen and oxygen atoms in total. The SMILES string of the molecule is CN(COC1CCC1)CC(NS(=O)(=O)c1ccccc1)c1ccc(Cl)c(Cl)c1. The molecule has 0 saturated heterocycles. The summed E-state index contributed by atoms with van der Waals surface area (Å²) in [5.41, 5.74) is 0.740. The van der Waals surface area contributed by atoms with Gasteiger partial charge in [0.15, 0.2) is 0 Å². The fraction of sp³-hybridized carbons (Fsp3) is 0.400. The van der Waals surface area contributed by atoms with Crippen LogP contribution in [0.2, 0.25) is 10.0 Å². The number of likely N-dealkylation sites (N-methyl/N-ethyl adjacent to an activating group) is 1. The van der Waals surface area contributed by atoms with E-state index in [1.807, 2.05) is 11.9 Å². The maximum atomic E-state index is 12.9. The van der Waals surface area contributed by atoms with Crippen molar-refractivity contribution >= 4 is 33.2 Å². The van der Waals surface area contributed by atoms with Gasteiger partial charge in [0, 0.05) is 6.54 Å². The predicted molar refractivity (Wildman–Crippen MR) is 112 cm³/mol. The molecule has 1 aliphatic rings. The summed E-state index contributed by atoms with van der Waals surface area (Å²) in [5.74, 6) is 0. The van der Waals surface area contributed by atoms with E-state index >= 15 is 0 Å². The summed E-state index contributed by atoms with van der Waals surface area (Å²) < 4.78 is 34.3. The van der Waals surface area contributed by atoms with Crippen LogP contribution in [0.5, 0.6) is 0 Å². The summed E-state index contributed by atoms with van der Waals surface area (Å²) in [7, 11) is -1.79. The van der Waals surface area contributed by atoms with Crippen molar-refractivity contribution in [1.29, 1.82) is 0 Å². The number of nitrogens with one attached hydrogen (secondary N) is 1. The van der Waals surface area contributed by atoms with Gasteiger partial charge < -0.3 is 4.74 Å². The topological polar surface area (TPSA) is 58.6 Å². The first-order valence-corrected chi connectivity index (χ1v) is 11.4. The molecule has 152 valence electrons. The molecule has 1 N–H and O–H groups in total. The molecule has 0 amide bonds. The highest BCUT2D eigenvalue weighted by molar-refractivity contribution is 7.89. The molecule has 0 aliphatic heterocycles. The maximum absolute atomic E-state index is 12.9. The van der Waals surface area contributed by atoms with E-state index < -0.39 is 16.1 Å². The first kappa shape index (κ1) is 21.6. The van der Waals surface area contributed by atoms with Crippen LogP contribution < -0.4 is 4.72 Å². The lowest BCUT2D eigenvalue weighted by molar-refractivity contribution is -0.0496. The van der Waals surface area contributed by atoms with Crippen molar-refractivity contribution < 1.29 is 13.2 Å². The summed E-state index contributed by atoms with van der Waals surface area (Å²) in [5, 5.41) is 0.813. The fourth-order valence-corrected chi connectivity index (χ4v) is 4.47. The molecule has 8 heteroatoms. The van der Waals surface area contributed by atoms with E-state index in [0.29, 0.717) is 29.4 Å². The Labute approximate surface area is 176 Å². The van der Waals surface area contributed by atoms with Crippen molar-refractivity contribution in [2.24, 2.45) is 0 Å². The number of sulfonamides is 1. The maximum Gasteiger partial charge on any atom is 0.241 e. The third kappa shape index (κ3) is 5.69. The largest absolute Gasteiger partial charge is 0.363 e. The Morgan fingerprint density at radius 3 is 2.46 bits per heavy atom. The van der Waals surface area contributed by atoms with Crippen molar-refractivity contribution in [3.63, 3.8) is 0 Å². The Hall–Kier alpha value is -1.15. The summed E-state index contributed by atoms with van der Waals surface area (Å²) in [4.78, 5) is 2.17. The van der Waals surface area contributed by atoms with Crippen LogP contribution in [0, 0.1) is 0 Å². The minimum absolute atomic E-state index is 0.216. The second kappa shape index (κ2) is 9.57. The van der Waals surface area contributed by atoms with Gasteiger partial charge in [0.1, 0.15) is 0 Å². The normalized spacial score (nSPS) is 16.1. The second-order valence-corrected chi connectivity index (χ2v) is 9.58. The number of hydrogen-bond acceptors (Lipinski definition) is 4. The van der Waals surface area contributed by atoms with Gasteiger partial charge in [0.25, 0.3) is 0 Å². The summed E-state index contributed by atoms with van der Waals surface area (Å²) in [6.45, 7) is 0.867. The molecule has 0 spiro atoms. The van der Waals surface area contributed by atoms with Crippen LogP contribution in [0.3, 0.4) is 0 Å². The highest BCUT2D eigenvalue weighted by Gasteiger charge is 2.24. The summed E-state index contributed by atoms with van der Waals surface area (Å²) in [6.07, 6.45) is 3.69. The molecule has 0 radical (unpaired) electrons. The van der Waals surface area contributed by atoms with E-state index in [1.165, 1.54) is 6.42 Å². The lowest BCUT2D eigenvalue weighted by atomic mass is 9.96. The number of halogens is 2. The molecule has 1 atom stereocenters. The van der Waals surface area contributed by atoms with E-state index in [-0.39, 0.29) is 4.90 Å². The average Bonchev–Trinajstić information content (AvgIpc) is 2.63. The molecule has 3 rings (SSSR count). The van der Waals surface area contributed by atoms with Gasteiger partial charge >= 0.3 is 0 Å². The lowest BCUT2D eigenvalue weighted by Gasteiger charge is -2.30. The first-order chi connectivity index (χ1) is 13.3. The minimum atomic E-state index is -3.69. The minimum Gasteiger partial charge on any atom is -0.363 e. The molecule has 28 heavy (non-hydrogen) atoms. The van der Waals surface area contributed by atoms with Crippen molar-refractivity contribution in [3.05, 3.63) is 64.1 Å². The van der Waals surface area contributed by atoms with E-state index in [1.54, 1.807) is 48.5 Å². The predicted octanol–water partition coefficient (Wildman–Crippen LogP) is 4.47. The third-order valence-corrected chi connectivity index (χ3v) is 7.00. The van der Waals surface area contributed by atoms with Crippen molar-refractivity contribution in [1.82, 2.24) is 9.62 Å². The van der Waals surface area contributed by atoms with Gasteiger partial charge in [0.2, 0.25) is 10.0 Å². The van der Waals surface area contributed by atoms with Crippen LogP contribution in [0.25, 0.3) is 0 Å². The molecular weight excluding hydrogens is 419 g/mol. The number of rotatable bonds is 9. The molecule has 2 aromatic carbocycles. The van der Waals surface area contributed by atoms with Gasteiger partial charge in [-0.25, -0.2) is 13.1 Å². The Morgan fingerprint density at radius 2 is 1.86 bits per heavy atom. The van der Waals surface area contributed by atoms with Crippen LogP contribution in [0.4, 0.5) is 0 Å². The fourth-order valence-electron chi connectivity index (χ4n) is 2.93. The highest BCUT2D eigenvalue weighted by Crippen LogP contribution is 2.27. The van der Waals surface area contributed by atoms with Crippen molar-refractivity contribution in [2.75, 3.05) is 20.3 Å². The van der Waals surface area contributed by atoms with Gasteiger partial charge in [0.05, 0.1) is 33.8 Å². The van der Waals surface area contributed by atoms with E-state index in [4.69, 9.17) is 27.9 Å². The third-order valence-electron chi connectivity index (χ3n) is 4.77. The van der Waals surface area contributed by atoms with Gasteiger partial charge in [-0.1, -0.05) is 47.5 Å². The summed E-state index contributed by atoms with van der Waals surface area (Å²) >= 11 is 12.2. The van der Waals surface area contributed by atoms with E-state index in [2.05, 4.69) is 4.72 Å². The Balaban J connectivity index is 1.78. The second-order valence-electron chi connectivity index (χ2n) is 7.05. The van der Waals surface area contributed by atoms with Crippen LogP contribution in [-0.2, 0) is 14.8 Å². The van der Waals surface area contributed by atoms with E-state index in [0.717, 1.165) is 18.4 Å². The van der Waals surface area contributed by atoms with Crippen molar-refractivity contribution in [3.8, 4) is 0 Å². The molecule has 0 heterocycles. The van der Waals surface area contributed by atoms with Crippen LogP contribution in [0.15, 0.2) is 53.4 Å². The Kier molecular flexibility index (Phi) is 7.36.